The number of carbonyl (C=O) groups is 3. The van der Waals surface area contributed by atoms with Crippen LogP contribution in [0.4, 0.5) is 0 Å². The molecule has 1 fully saturated rings. The summed E-state index contributed by atoms with van der Waals surface area (Å²) in [6.07, 6.45) is -7.63. The van der Waals surface area contributed by atoms with E-state index in [1.807, 2.05) is 0 Å². The molecule has 1 aliphatic rings. The van der Waals surface area contributed by atoms with E-state index < -0.39 is 65.3 Å². The summed E-state index contributed by atoms with van der Waals surface area (Å²) in [6.45, 7) is 1.31. The van der Waals surface area contributed by atoms with Crippen molar-refractivity contribution in [1.82, 2.24) is 0 Å². The SMILES string of the molecule is COC1OC(COC(=O)c2ccccc2)C(OC(=O)c2ccccc2)C(OC(=O)c2ccccc2)C1OS(=O)(=O)c1ccc(C)cc1. The number of ether oxygens (including phenoxy) is 5. The Labute approximate surface area is 272 Å². The summed E-state index contributed by atoms with van der Waals surface area (Å²) in [4.78, 5) is 39.5. The number of aryl methyl sites for hydroxylation is 1. The smallest absolute Gasteiger partial charge is 0.338 e. The van der Waals surface area contributed by atoms with E-state index in [-0.39, 0.29) is 21.6 Å². The number of esters is 3. The molecule has 5 rings (SSSR count). The summed E-state index contributed by atoms with van der Waals surface area (Å²) < 4.78 is 61.5. The summed E-state index contributed by atoms with van der Waals surface area (Å²) in [7, 11) is -3.28. The van der Waals surface area contributed by atoms with Crippen LogP contribution in [0, 0.1) is 6.92 Å². The van der Waals surface area contributed by atoms with Crippen LogP contribution in [-0.4, -0.2) is 70.7 Å². The van der Waals surface area contributed by atoms with E-state index in [0.717, 1.165) is 5.56 Å². The molecule has 12 heteroatoms. The predicted octanol–water partition coefficient (Wildman–Crippen LogP) is 4.75. The van der Waals surface area contributed by atoms with E-state index >= 15 is 0 Å². The summed E-state index contributed by atoms with van der Waals surface area (Å²) in [5, 5.41) is 0. The van der Waals surface area contributed by atoms with E-state index in [0.29, 0.717) is 0 Å². The van der Waals surface area contributed by atoms with E-state index in [4.69, 9.17) is 27.9 Å². The first kappa shape index (κ1) is 33.5. The fraction of sp³-hybridized carbons (Fsp3) is 0.229. The number of rotatable bonds is 11. The maximum Gasteiger partial charge on any atom is 0.338 e. The van der Waals surface area contributed by atoms with Crippen molar-refractivity contribution in [3.05, 3.63) is 138 Å². The van der Waals surface area contributed by atoms with E-state index in [1.54, 1.807) is 85.8 Å². The van der Waals surface area contributed by atoms with Crippen LogP contribution < -0.4 is 0 Å². The number of hydrogen-bond acceptors (Lipinski definition) is 11. The van der Waals surface area contributed by atoms with Crippen molar-refractivity contribution in [1.29, 1.82) is 0 Å². The van der Waals surface area contributed by atoms with Crippen LogP contribution >= 0.6 is 0 Å². The number of benzene rings is 4. The van der Waals surface area contributed by atoms with Gasteiger partial charge in [-0.15, -0.1) is 0 Å². The summed E-state index contributed by atoms with van der Waals surface area (Å²) in [5.74, 6) is -2.40. The highest BCUT2D eigenvalue weighted by molar-refractivity contribution is 7.86. The molecular weight excluding hydrogens is 628 g/mol. The molecule has 0 saturated carbocycles. The van der Waals surface area contributed by atoms with Gasteiger partial charge < -0.3 is 23.7 Å². The molecule has 0 radical (unpaired) electrons. The van der Waals surface area contributed by atoms with Crippen LogP contribution in [0.2, 0.25) is 0 Å². The summed E-state index contributed by atoms with van der Waals surface area (Å²) in [5.41, 5.74) is 1.35. The van der Waals surface area contributed by atoms with Crippen LogP contribution in [0.5, 0.6) is 0 Å². The van der Waals surface area contributed by atoms with E-state index in [2.05, 4.69) is 0 Å². The van der Waals surface area contributed by atoms with Crippen molar-refractivity contribution in [2.24, 2.45) is 0 Å². The van der Waals surface area contributed by atoms with Gasteiger partial charge in [0.25, 0.3) is 10.1 Å². The molecule has 5 atom stereocenters. The third-order valence-corrected chi connectivity index (χ3v) is 8.59. The van der Waals surface area contributed by atoms with Gasteiger partial charge in [0.05, 0.1) is 21.6 Å². The quantitative estimate of drug-likeness (QED) is 0.125. The van der Waals surface area contributed by atoms with Crippen LogP contribution in [0.15, 0.2) is 120 Å². The van der Waals surface area contributed by atoms with Crippen molar-refractivity contribution in [2.45, 2.75) is 42.5 Å². The Morgan fingerprint density at radius 2 is 1.11 bits per heavy atom. The molecule has 47 heavy (non-hydrogen) atoms. The van der Waals surface area contributed by atoms with Gasteiger partial charge in [-0.3, -0.25) is 4.18 Å². The zero-order valence-corrected chi connectivity index (χ0v) is 26.3. The van der Waals surface area contributed by atoms with E-state index in [9.17, 15) is 22.8 Å². The van der Waals surface area contributed by atoms with Gasteiger partial charge in [0, 0.05) is 7.11 Å². The third kappa shape index (κ3) is 8.29. The van der Waals surface area contributed by atoms with Crippen molar-refractivity contribution < 1.29 is 50.7 Å². The molecule has 11 nitrogen and oxygen atoms in total. The molecule has 4 aromatic rings. The highest BCUT2D eigenvalue weighted by Crippen LogP contribution is 2.33. The monoisotopic (exact) mass is 660 g/mol. The lowest BCUT2D eigenvalue weighted by molar-refractivity contribution is -0.286. The lowest BCUT2D eigenvalue weighted by Crippen LogP contribution is -2.63. The van der Waals surface area contributed by atoms with Gasteiger partial charge in [-0.05, 0) is 55.5 Å². The minimum atomic E-state index is -4.51. The molecule has 0 spiro atoms. The molecule has 0 amide bonds. The Hall–Kier alpha value is -4.88. The Balaban J connectivity index is 1.53. The zero-order valence-electron chi connectivity index (χ0n) is 25.5. The summed E-state index contributed by atoms with van der Waals surface area (Å²) >= 11 is 0. The van der Waals surface area contributed by atoms with Crippen molar-refractivity contribution in [2.75, 3.05) is 13.7 Å². The fourth-order valence-corrected chi connectivity index (χ4v) is 5.91. The molecule has 1 heterocycles. The first-order valence-electron chi connectivity index (χ1n) is 14.6. The number of hydrogen-bond donors (Lipinski definition) is 0. The van der Waals surface area contributed by atoms with Gasteiger partial charge in [-0.2, -0.15) is 8.42 Å². The first-order chi connectivity index (χ1) is 22.7. The molecule has 4 aromatic carbocycles. The number of methoxy groups -OCH3 is 1. The number of carbonyl (C=O) groups excluding carboxylic acids is 3. The van der Waals surface area contributed by atoms with Crippen LogP contribution in [-0.2, 0) is 38.0 Å². The second-order valence-electron chi connectivity index (χ2n) is 10.5. The molecular formula is C35H32O11S. The van der Waals surface area contributed by atoms with Gasteiger partial charge in [0.1, 0.15) is 12.7 Å². The highest BCUT2D eigenvalue weighted by Gasteiger charge is 2.53. The minimum absolute atomic E-state index is 0.133. The Morgan fingerprint density at radius 1 is 0.638 bits per heavy atom. The normalized spacial score (nSPS) is 20.9. The Kier molecular flexibility index (Phi) is 10.8. The van der Waals surface area contributed by atoms with E-state index in [1.165, 1.54) is 43.5 Å². The summed E-state index contributed by atoms with van der Waals surface area (Å²) in [6, 6.07) is 30.0. The van der Waals surface area contributed by atoms with Crippen molar-refractivity contribution in [3.63, 3.8) is 0 Å². The molecule has 0 bridgehead atoms. The Morgan fingerprint density at radius 3 is 1.60 bits per heavy atom. The lowest BCUT2D eigenvalue weighted by Gasteiger charge is -2.43. The molecule has 1 saturated heterocycles. The molecule has 5 unspecified atom stereocenters. The molecule has 0 aliphatic carbocycles. The molecule has 0 N–H and O–H groups in total. The average Bonchev–Trinajstić information content (AvgIpc) is 3.10. The first-order valence-corrected chi connectivity index (χ1v) is 16.0. The highest BCUT2D eigenvalue weighted by atomic mass is 32.2. The third-order valence-electron chi connectivity index (χ3n) is 7.26. The molecule has 1 aliphatic heterocycles. The van der Waals surface area contributed by atoms with Crippen molar-refractivity contribution in [3.8, 4) is 0 Å². The fourth-order valence-electron chi connectivity index (χ4n) is 4.84. The molecule has 244 valence electrons. The largest absolute Gasteiger partial charge is 0.459 e. The van der Waals surface area contributed by atoms with Crippen LogP contribution in [0.25, 0.3) is 0 Å². The predicted molar refractivity (Wildman–Crippen MR) is 167 cm³/mol. The van der Waals surface area contributed by atoms with Crippen LogP contribution in [0.3, 0.4) is 0 Å². The zero-order chi connectivity index (χ0) is 33.4. The second-order valence-corrected chi connectivity index (χ2v) is 12.1. The standard InChI is InChI=1S/C35H32O11S/c1-23-18-20-27(21-19-23)47(39,40)46-31-30(45-34(38)26-16-10-5-11-17-26)29(44-33(37)25-14-8-4-9-15-25)28(43-35(31)41-2)22-42-32(36)24-12-6-3-7-13-24/h3-21,28-31,35H,22H2,1-2H3. The topological polar surface area (TPSA) is 141 Å². The van der Waals surface area contributed by atoms with Gasteiger partial charge in [0.2, 0.25) is 0 Å². The minimum Gasteiger partial charge on any atom is -0.459 e. The van der Waals surface area contributed by atoms with Gasteiger partial charge in [-0.1, -0.05) is 72.3 Å². The second kappa shape index (κ2) is 15.1. The maximum absolute atomic E-state index is 13.5. The maximum atomic E-state index is 13.5. The van der Waals surface area contributed by atoms with Crippen LogP contribution in [0.1, 0.15) is 36.6 Å². The van der Waals surface area contributed by atoms with Crippen molar-refractivity contribution >= 4 is 28.0 Å². The van der Waals surface area contributed by atoms with Gasteiger partial charge >= 0.3 is 17.9 Å². The van der Waals surface area contributed by atoms with Gasteiger partial charge in [0.15, 0.2) is 24.6 Å². The lowest BCUT2D eigenvalue weighted by atomic mass is 9.98. The van der Waals surface area contributed by atoms with Gasteiger partial charge in [-0.25, -0.2) is 14.4 Å². The molecule has 0 aromatic heterocycles. The Bertz CT molecular complexity index is 1760. The average molecular weight is 661 g/mol.